The quantitative estimate of drug-likeness (QED) is 0.648. The van der Waals surface area contributed by atoms with Gasteiger partial charge in [0.25, 0.3) is 0 Å². The van der Waals surface area contributed by atoms with E-state index in [-0.39, 0.29) is 12.2 Å². The van der Waals surface area contributed by atoms with Gasteiger partial charge >= 0.3 is 0 Å². The normalized spacial score (nSPS) is 21.0. The molecule has 1 aliphatic carbocycles. The van der Waals surface area contributed by atoms with E-state index < -0.39 is 0 Å². The Bertz CT molecular complexity index is 802. The highest BCUT2D eigenvalue weighted by Crippen LogP contribution is 2.29. The summed E-state index contributed by atoms with van der Waals surface area (Å²) in [6.45, 7) is 4.87. The number of benzene rings is 1. The lowest BCUT2D eigenvalue weighted by atomic mass is 9.97. The minimum atomic E-state index is -0.00720. The molecular weight excluding hydrogens is 368 g/mol. The lowest BCUT2D eigenvalue weighted by Gasteiger charge is -2.25. The summed E-state index contributed by atoms with van der Waals surface area (Å²) in [4.78, 5) is 4.63. The predicted octanol–water partition coefficient (Wildman–Crippen LogP) is 5.45. The third kappa shape index (κ3) is 4.86. The highest BCUT2D eigenvalue weighted by molar-refractivity contribution is 7.22. The Kier molecular flexibility index (Phi) is 6.70. The van der Waals surface area contributed by atoms with E-state index in [1.165, 1.54) is 5.57 Å². The van der Waals surface area contributed by atoms with E-state index in [0.717, 1.165) is 33.2 Å². The number of halogens is 1. The van der Waals surface area contributed by atoms with Crippen molar-refractivity contribution in [2.45, 2.75) is 44.9 Å². The van der Waals surface area contributed by atoms with E-state index in [9.17, 15) is 0 Å². The lowest BCUT2D eigenvalue weighted by Crippen LogP contribution is -2.29. The molecule has 1 aromatic carbocycles. The molecule has 0 fully saturated rings. The number of hydrogen-bond acceptors (Lipinski definition) is 5. The molecule has 1 aliphatic rings. The summed E-state index contributed by atoms with van der Waals surface area (Å²) in [5.41, 5.74) is 2.27. The number of aromatic nitrogens is 1. The second kappa shape index (κ2) is 9.00. The van der Waals surface area contributed by atoms with Crippen LogP contribution in [0, 0.1) is 0 Å². The molecule has 6 heteroatoms. The Morgan fingerprint density at radius 1 is 1.35 bits per heavy atom. The summed E-state index contributed by atoms with van der Waals surface area (Å²) in [6, 6.07) is 6.12. The Morgan fingerprint density at radius 2 is 2.19 bits per heavy atom. The van der Waals surface area contributed by atoms with Gasteiger partial charge in [-0.05, 0) is 56.5 Å². The van der Waals surface area contributed by atoms with Gasteiger partial charge < -0.3 is 14.8 Å². The van der Waals surface area contributed by atoms with Crippen molar-refractivity contribution in [3.05, 3.63) is 47.0 Å². The van der Waals surface area contributed by atoms with Crippen LogP contribution >= 0.6 is 22.9 Å². The van der Waals surface area contributed by atoms with E-state index in [1.54, 1.807) is 18.4 Å². The average molecular weight is 393 g/mol. The number of nitrogens with one attached hydrogen (secondary N) is 1. The summed E-state index contributed by atoms with van der Waals surface area (Å²) in [5, 5.41) is 5.19. The second-order valence-electron chi connectivity index (χ2n) is 6.44. The fraction of sp³-hybridized carbons (Fsp3) is 0.450. The maximum absolute atomic E-state index is 6.05. The van der Waals surface area contributed by atoms with Crippen molar-refractivity contribution in [2.24, 2.45) is 0 Å². The smallest absolute Gasteiger partial charge is 0.183 e. The predicted molar refractivity (Wildman–Crippen MR) is 110 cm³/mol. The van der Waals surface area contributed by atoms with Crippen LogP contribution in [0.4, 0.5) is 5.13 Å². The zero-order chi connectivity index (χ0) is 18.5. The fourth-order valence-electron chi connectivity index (χ4n) is 3.03. The average Bonchev–Trinajstić information content (AvgIpc) is 3.02. The maximum Gasteiger partial charge on any atom is 0.183 e. The molecule has 3 atom stereocenters. The van der Waals surface area contributed by atoms with E-state index in [0.29, 0.717) is 12.6 Å². The molecule has 1 heterocycles. The van der Waals surface area contributed by atoms with Gasteiger partial charge in [0, 0.05) is 24.8 Å². The highest BCUT2D eigenvalue weighted by Gasteiger charge is 2.21. The number of anilines is 1. The number of fused-ring (bicyclic) bond motifs is 1. The number of thiazole rings is 1. The van der Waals surface area contributed by atoms with Gasteiger partial charge in [-0.1, -0.05) is 35.1 Å². The van der Waals surface area contributed by atoms with Gasteiger partial charge in [0.05, 0.1) is 10.2 Å². The van der Waals surface area contributed by atoms with Crippen LogP contribution in [-0.2, 0) is 9.47 Å². The van der Waals surface area contributed by atoms with Crippen molar-refractivity contribution in [2.75, 3.05) is 19.0 Å². The number of methoxy groups -OCH3 is 1. The summed E-state index contributed by atoms with van der Waals surface area (Å²) < 4.78 is 12.3. The number of hydrogen-bond donors (Lipinski definition) is 1. The zero-order valence-corrected chi connectivity index (χ0v) is 16.9. The molecule has 0 aliphatic heterocycles. The SMILES string of the molecule is CCOC1C=CC(CCC(C)Nc2nc3ccc(Cl)cc3s2)=CC1OC. The Morgan fingerprint density at radius 3 is 2.96 bits per heavy atom. The minimum Gasteiger partial charge on any atom is -0.374 e. The first-order valence-corrected chi connectivity index (χ1v) is 10.1. The Hall–Kier alpha value is -1.40. The molecule has 0 saturated carbocycles. The molecule has 3 rings (SSSR count). The number of allylic oxidation sites excluding steroid dienone is 2. The molecule has 2 aromatic rings. The van der Waals surface area contributed by atoms with Crippen LogP contribution in [-0.4, -0.2) is 37.0 Å². The molecule has 4 nitrogen and oxygen atoms in total. The van der Waals surface area contributed by atoms with Gasteiger partial charge in [-0.3, -0.25) is 0 Å². The molecule has 26 heavy (non-hydrogen) atoms. The van der Waals surface area contributed by atoms with Crippen LogP contribution in [0.2, 0.25) is 5.02 Å². The molecule has 0 radical (unpaired) electrons. The molecule has 0 saturated heterocycles. The van der Waals surface area contributed by atoms with Gasteiger partial charge in [0.1, 0.15) is 12.2 Å². The van der Waals surface area contributed by atoms with Crippen LogP contribution < -0.4 is 5.32 Å². The van der Waals surface area contributed by atoms with Crippen LogP contribution in [0.3, 0.4) is 0 Å². The van der Waals surface area contributed by atoms with Crippen LogP contribution in [0.25, 0.3) is 10.2 Å². The molecule has 140 valence electrons. The second-order valence-corrected chi connectivity index (χ2v) is 7.90. The molecule has 0 spiro atoms. The first-order chi connectivity index (χ1) is 12.6. The van der Waals surface area contributed by atoms with Crippen molar-refractivity contribution in [1.82, 2.24) is 4.98 Å². The Labute approximate surface area is 163 Å². The van der Waals surface area contributed by atoms with Crippen LogP contribution in [0.15, 0.2) is 42.0 Å². The number of ether oxygens (including phenoxy) is 2. The molecule has 3 unspecified atom stereocenters. The van der Waals surface area contributed by atoms with Crippen molar-refractivity contribution in [3.8, 4) is 0 Å². The number of rotatable bonds is 8. The van der Waals surface area contributed by atoms with E-state index >= 15 is 0 Å². The largest absolute Gasteiger partial charge is 0.374 e. The standard InChI is InChI=1S/C20H25ClN2O2S/c1-4-25-17-10-7-14(11-18(17)24-3)6-5-13(2)22-20-23-16-9-8-15(21)12-19(16)26-20/h7-13,17-18H,4-6H2,1-3H3,(H,22,23). The van der Waals surface area contributed by atoms with Gasteiger partial charge in [0.2, 0.25) is 0 Å². The summed E-state index contributed by atoms with van der Waals surface area (Å²) >= 11 is 7.69. The molecule has 1 N–H and O–H groups in total. The first-order valence-electron chi connectivity index (χ1n) is 8.95. The molecular formula is C20H25ClN2O2S. The Balaban J connectivity index is 1.55. The van der Waals surface area contributed by atoms with E-state index in [1.807, 2.05) is 25.1 Å². The van der Waals surface area contributed by atoms with Crippen molar-refractivity contribution >= 4 is 38.3 Å². The highest BCUT2D eigenvalue weighted by atomic mass is 35.5. The minimum absolute atomic E-state index is 0.00720. The summed E-state index contributed by atoms with van der Waals surface area (Å²) in [5.74, 6) is 0. The number of nitrogens with zero attached hydrogens (tertiary/aromatic N) is 1. The topological polar surface area (TPSA) is 43.4 Å². The van der Waals surface area contributed by atoms with Crippen LogP contribution in [0.1, 0.15) is 26.7 Å². The van der Waals surface area contributed by atoms with Gasteiger partial charge in [0.15, 0.2) is 5.13 Å². The summed E-state index contributed by atoms with van der Waals surface area (Å²) in [7, 11) is 1.73. The van der Waals surface area contributed by atoms with E-state index in [2.05, 4.69) is 35.5 Å². The zero-order valence-electron chi connectivity index (χ0n) is 15.4. The first kappa shape index (κ1) is 19.4. The lowest BCUT2D eigenvalue weighted by molar-refractivity contribution is -0.00624. The van der Waals surface area contributed by atoms with Crippen molar-refractivity contribution in [3.63, 3.8) is 0 Å². The van der Waals surface area contributed by atoms with E-state index in [4.69, 9.17) is 21.1 Å². The third-order valence-corrected chi connectivity index (χ3v) is 5.60. The maximum atomic E-state index is 6.05. The van der Waals surface area contributed by atoms with Gasteiger partial charge in [-0.2, -0.15) is 0 Å². The fourth-order valence-corrected chi connectivity index (χ4v) is 4.28. The van der Waals surface area contributed by atoms with Crippen molar-refractivity contribution in [1.29, 1.82) is 0 Å². The summed E-state index contributed by atoms with van der Waals surface area (Å²) in [6.07, 6.45) is 8.44. The van der Waals surface area contributed by atoms with Crippen molar-refractivity contribution < 1.29 is 9.47 Å². The van der Waals surface area contributed by atoms with Gasteiger partial charge in [-0.15, -0.1) is 0 Å². The van der Waals surface area contributed by atoms with Gasteiger partial charge in [-0.25, -0.2) is 4.98 Å². The molecule has 0 amide bonds. The third-order valence-electron chi connectivity index (χ3n) is 4.42. The van der Waals surface area contributed by atoms with Crippen LogP contribution in [0.5, 0.6) is 0 Å². The molecule has 0 bridgehead atoms. The monoisotopic (exact) mass is 392 g/mol. The molecule has 1 aromatic heterocycles.